The number of alkyl carbamates (subject to hydrolysis) is 1. The fourth-order valence-corrected chi connectivity index (χ4v) is 7.04. The number of thiazole rings is 1. The number of likely N-dealkylation sites (tertiary alicyclic amines) is 1. The first kappa shape index (κ1) is 38.2. The van der Waals surface area contributed by atoms with Gasteiger partial charge >= 0.3 is 6.09 Å². The van der Waals surface area contributed by atoms with E-state index in [-0.39, 0.29) is 31.2 Å². The molecule has 0 unspecified atom stereocenters. The van der Waals surface area contributed by atoms with E-state index >= 15 is 0 Å². The summed E-state index contributed by atoms with van der Waals surface area (Å²) in [6.07, 6.45) is 3.29. The van der Waals surface area contributed by atoms with Gasteiger partial charge in [0.15, 0.2) is 0 Å². The SMILES string of the molecule is C=C[C@@H]1C[C@]1(NC(=O)[C@@H]1C[C@@H](Oc2nc3ccccc3nc2CCc2nccs2)CN1C(=O)[C@@H](NC(=O)OC(C)(C)C)C(C)(C)C)C(=O)Nc1nn[nH]n1. The molecule has 18 heteroatoms. The van der Waals surface area contributed by atoms with Gasteiger partial charge in [0.05, 0.1) is 22.6 Å². The highest BCUT2D eigenvalue weighted by Gasteiger charge is 2.61. The predicted molar refractivity (Wildman–Crippen MR) is 198 cm³/mol. The molecular formula is C36H45N11O6S. The van der Waals surface area contributed by atoms with Crippen molar-refractivity contribution in [3.63, 3.8) is 0 Å². The van der Waals surface area contributed by atoms with Crippen LogP contribution in [-0.2, 0) is 32.0 Å². The van der Waals surface area contributed by atoms with Gasteiger partial charge in [0.25, 0.3) is 11.9 Å². The van der Waals surface area contributed by atoms with Gasteiger partial charge in [-0.2, -0.15) is 5.21 Å². The number of hydrogen-bond donors (Lipinski definition) is 4. The monoisotopic (exact) mass is 759 g/mol. The van der Waals surface area contributed by atoms with Crippen LogP contribution in [0, 0.1) is 11.3 Å². The number of aromatic amines is 1. The number of rotatable bonds is 12. The van der Waals surface area contributed by atoms with Crippen LogP contribution >= 0.6 is 11.3 Å². The minimum Gasteiger partial charge on any atom is -0.471 e. The van der Waals surface area contributed by atoms with Crippen LogP contribution in [0.25, 0.3) is 11.0 Å². The maximum atomic E-state index is 14.6. The number of hydrogen-bond acceptors (Lipinski definition) is 13. The first-order valence-corrected chi connectivity index (χ1v) is 18.5. The minimum absolute atomic E-state index is 0.0210. The normalized spacial score (nSPS) is 21.6. The van der Waals surface area contributed by atoms with Gasteiger partial charge in [-0.3, -0.25) is 19.7 Å². The van der Waals surface area contributed by atoms with Crippen LogP contribution in [0.2, 0.25) is 0 Å². The predicted octanol–water partition coefficient (Wildman–Crippen LogP) is 3.37. The van der Waals surface area contributed by atoms with E-state index < -0.39 is 64.5 Å². The minimum atomic E-state index is -1.36. The fraction of sp³-hybridized carbons (Fsp3) is 0.500. The van der Waals surface area contributed by atoms with E-state index in [9.17, 15) is 19.2 Å². The lowest BCUT2D eigenvalue weighted by molar-refractivity contribution is -0.142. The van der Waals surface area contributed by atoms with Crippen molar-refractivity contribution >= 4 is 52.1 Å². The van der Waals surface area contributed by atoms with Crippen molar-refractivity contribution in [1.82, 2.24) is 51.1 Å². The molecule has 1 saturated carbocycles. The van der Waals surface area contributed by atoms with Gasteiger partial charge in [0.1, 0.15) is 35.0 Å². The molecule has 1 aromatic carbocycles. The molecule has 3 aromatic heterocycles. The molecule has 4 aromatic rings. The van der Waals surface area contributed by atoms with Gasteiger partial charge in [0, 0.05) is 36.8 Å². The largest absolute Gasteiger partial charge is 0.471 e. The highest BCUT2D eigenvalue weighted by atomic mass is 32.1. The van der Waals surface area contributed by atoms with Gasteiger partial charge in [-0.1, -0.05) is 44.1 Å². The number of tetrazole rings is 1. The lowest BCUT2D eigenvalue weighted by atomic mass is 9.85. The Morgan fingerprint density at radius 3 is 2.46 bits per heavy atom. The summed E-state index contributed by atoms with van der Waals surface area (Å²) in [4.78, 5) is 71.0. The smallest absolute Gasteiger partial charge is 0.408 e. The Morgan fingerprint density at radius 2 is 1.85 bits per heavy atom. The average Bonchev–Trinajstić information content (AvgIpc) is 3.58. The molecule has 54 heavy (non-hydrogen) atoms. The molecule has 286 valence electrons. The van der Waals surface area contributed by atoms with Crippen molar-refractivity contribution in [3.05, 3.63) is 59.2 Å². The van der Waals surface area contributed by atoms with Crippen molar-refractivity contribution in [1.29, 1.82) is 0 Å². The zero-order valence-corrected chi connectivity index (χ0v) is 31.9. The molecule has 2 aliphatic rings. The van der Waals surface area contributed by atoms with E-state index in [1.807, 2.05) is 50.4 Å². The van der Waals surface area contributed by atoms with Crippen molar-refractivity contribution in [3.8, 4) is 5.88 Å². The number of fused-ring (bicyclic) bond motifs is 1. The molecule has 6 rings (SSSR count). The van der Waals surface area contributed by atoms with E-state index in [4.69, 9.17) is 19.4 Å². The van der Waals surface area contributed by atoms with Crippen molar-refractivity contribution in [2.24, 2.45) is 11.3 Å². The van der Waals surface area contributed by atoms with Crippen LogP contribution in [-0.4, -0.2) is 100 Å². The number of amides is 4. The fourth-order valence-electron chi connectivity index (χ4n) is 6.42. The third-order valence-electron chi connectivity index (χ3n) is 9.19. The second-order valence-corrected chi connectivity index (χ2v) is 16.5. The topological polar surface area (TPSA) is 219 Å². The summed E-state index contributed by atoms with van der Waals surface area (Å²) < 4.78 is 12.1. The van der Waals surface area contributed by atoms with Crippen molar-refractivity contribution in [2.45, 2.75) is 96.6 Å². The van der Waals surface area contributed by atoms with Gasteiger partial charge in [0.2, 0.25) is 17.7 Å². The molecule has 2 fully saturated rings. The zero-order valence-electron chi connectivity index (χ0n) is 31.1. The summed E-state index contributed by atoms with van der Waals surface area (Å²) in [6, 6.07) is 5.26. The molecule has 0 spiro atoms. The average molecular weight is 760 g/mol. The maximum absolute atomic E-state index is 14.6. The molecule has 0 radical (unpaired) electrons. The van der Waals surface area contributed by atoms with E-state index in [1.54, 1.807) is 44.4 Å². The summed E-state index contributed by atoms with van der Waals surface area (Å²) in [7, 11) is 0. The molecule has 0 bridgehead atoms. The van der Waals surface area contributed by atoms with Crippen molar-refractivity contribution in [2.75, 3.05) is 11.9 Å². The Bertz CT molecular complexity index is 2010. The number of nitrogens with one attached hydrogen (secondary N) is 4. The van der Waals surface area contributed by atoms with Gasteiger partial charge in [-0.05, 0) is 50.0 Å². The first-order valence-electron chi connectivity index (χ1n) is 17.7. The molecule has 4 amide bonds. The quantitative estimate of drug-likeness (QED) is 0.153. The molecule has 1 aliphatic carbocycles. The number of ether oxygens (including phenoxy) is 2. The number of nitrogens with zero attached hydrogens (tertiary/aromatic N) is 7. The third kappa shape index (κ3) is 8.64. The van der Waals surface area contributed by atoms with Gasteiger partial charge in [-0.25, -0.2) is 19.7 Å². The first-order chi connectivity index (χ1) is 25.6. The number of H-pyrrole nitrogens is 1. The Labute approximate surface area is 316 Å². The third-order valence-corrected chi connectivity index (χ3v) is 10.0. The van der Waals surface area contributed by atoms with E-state index in [2.05, 4.69) is 48.1 Å². The lowest BCUT2D eigenvalue weighted by Crippen LogP contribution is -2.59. The van der Waals surface area contributed by atoms with Crippen LogP contribution < -0.4 is 20.7 Å². The van der Waals surface area contributed by atoms with Crippen molar-refractivity contribution < 1.29 is 28.7 Å². The molecule has 17 nitrogen and oxygen atoms in total. The summed E-state index contributed by atoms with van der Waals surface area (Å²) in [6.45, 7) is 14.4. The number of carbonyl (C=O) groups excluding carboxylic acids is 4. The van der Waals surface area contributed by atoms with Crippen LogP contribution in [0.1, 0.15) is 65.1 Å². The summed E-state index contributed by atoms with van der Waals surface area (Å²) in [5.41, 5.74) is -1.04. The Hall–Kier alpha value is -5.52. The Balaban J connectivity index is 1.30. The molecule has 1 aliphatic heterocycles. The number of aromatic nitrogens is 7. The van der Waals surface area contributed by atoms with E-state index in [1.165, 1.54) is 4.90 Å². The highest BCUT2D eigenvalue weighted by Crippen LogP contribution is 2.45. The number of carbonyl (C=O) groups is 4. The van der Waals surface area contributed by atoms with Crippen LogP contribution in [0.3, 0.4) is 0 Å². The van der Waals surface area contributed by atoms with Crippen LogP contribution in [0.4, 0.5) is 10.7 Å². The zero-order chi connectivity index (χ0) is 38.8. The van der Waals surface area contributed by atoms with Gasteiger partial charge < -0.3 is 25.0 Å². The molecule has 4 heterocycles. The lowest BCUT2D eigenvalue weighted by Gasteiger charge is -2.36. The van der Waals surface area contributed by atoms with Gasteiger partial charge in [-0.15, -0.1) is 23.0 Å². The second kappa shape index (κ2) is 15.1. The molecule has 1 saturated heterocycles. The number of benzene rings is 1. The highest BCUT2D eigenvalue weighted by molar-refractivity contribution is 7.09. The number of aryl methyl sites for hydroxylation is 2. The number of anilines is 1. The molecular weight excluding hydrogens is 715 g/mol. The summed E-state index contributed by atoms with van der Waals surface area (Å²) in [5, 5.41) is 24.4. The second-order valence-electron chi connectivity index (χ2n) is 15.5. The van der Waals surface area contributed by atoms with E-state index in [0.717, 1.165) is 5.01 Å². The molecule has 4 N–H and O–H groups in total. The van der Waals surface area contributed by atoms with E-state index in [0.29, 0.717) is 29.6 Å². The standard InChI is InChI=1S/C36H45N11O6S/c1-8-20-18-36(20,31(50)41-32-43-45-46-44-32)42-28(48)25-17-21(19-47(25)30(49)27(34(2,3)4)40-33(51)53-35(5,6)7)52-29-24(13-14-26-37-15-16-54-26)38-22-11-9-10-12-23(22)39-29/h8-12,15-16,20-21,25,27H,1,13-14,17-19H2,2-7H3,(H,40,51)(H,42,48)(H2,41,43,44,45,46,50)/t20-,21-,25+,27-,36-/m1/s1. The Kier molecular flexibility index (Phi) is 10.7. The maximum Gasteiger partial charge on any atom is 0.408 e. The molecule has 5 atom stereocenters. The summed E-state index contributed by atoms with van der Waals surface area (Å²) >= 11 is 1.54. The Morgan fingerprint density at radius 1 is 1.11 bits per heavy atom. The summed E-state index contributed by atoms with van der Waals surface area (Å²) in [5.74, 6) is -1.82. The van der Waals surface area contributed by atoms with Crippen LogP contribution in [0.5, 0.6) is 5.88 Å². The van der Waals surface area contributed by atoms with Crippen LogP contribution in [0.15, 0.2) is 48.5 Å². The number of para-hydroxylation sites is 2.